The molecule has 0 aromatic heterocycles. The first kappa shape index (κ1) is 22.6. The van der Waals surface area contributed by atoms with Crippen LogP contribution in [-0.4, -0.2) is 29.7 Å². The van der Waals surface area contributed by atoms with Crippen molar-refractivity contribution in [2.75, 3.05) is 19.0 Å². The second-order valence-electron chi connectivity index (χ2n) is 6.40. The molecule has 2 aromatic carbocycles. The fourth-order valence-electron chi connectivity index (χ4n) is 2.25. The first-order chi connectivity index (χ1) is 13.7. The van der Waals surface area contributed by atoms with Gasteiger partial charge in [-0.3, -0.25) is 20.2 Å². The van der Waals surface area contributed by atoms with E-state index in [0.29, 0.717) is 34.1 Å². The summed E-state index contributed by atoms with van der Waals surface area (Å²) in [5.74, 6) is 0.918. The van der Waals surface area contributed by atoms with Gasteiger partial charge in [-0.25, -0.2) is 0 Å². The van der Waals surface area contributed by atoms with Gasteiger partial charge in [0.1, 0.15) is 11.5 Å². The highest BCUT2D eigenvalue weighted by molar-refractivity contribution is 9.10. The standard InChI is InChI=1S/C19H20BrN3O5S/c1-11(2)10-28-16-6-4-12(8-14(16)20)18(24)22-19(29)21-15-9-13(23(25)26)5-7-17(15)27-3/h4-9,11H,10H2,1-3H3,(H2,21,22,24,29). The van der Waals surface area contributed by atoms with Crippen LogP contribution in [0.25, 0.3) is 0 Å². The number of carbonyl (C=O) groups excluding carboxylic acids is 1. The van der Waals surface area contributed by atoms with Gasteiger partial charge < -0.3 is 14.8 Å². The molecule has 0 aliphatic rings. The fourth-order valence-corrected chi connectivity index (χ4v) is 2.95. The Balaban J connectivity index is 2.07. The third kappa shape index (κ3) is 6.40. The van der Waals surface area contributed by atoms with E-state index in [9.17, 15) is 14.9 Å². The van der Waals surface area contributed by atoms with Crippen LogP contribution in [0.15, 0.2) is 40.9 Å². The summed E-state index contributed by atoms with van der Waals surface area (Å²) in [6.07, 6.45) is 0. The maximum atomic E-state index is 12.5. The van der Waals surface area contributed by atoms with E-state index in [1.54, 1.807) is 18.2 Å². The molecule has 0 fully saturated rings. The number of nitrogens with one attached hydrogen (secondary N) is 2. The number of anilines is 1. The van der Waals surface area contributed by atoms with Gasteiger partial charge >= 0.3 is 0 Å². The van der Waals surface area contributed by atoms with Crippen LogP contribution in [0.4, 0.5) is 11.4 Å². The van der Waals surface area contributed by atoms with Gasteiger partial charge in [-0.05, 0) is 58.3 Å². The molecule has 29 heavy (non-hydrogen) atoms. The summed E-state index contributed by atoms with van der Waals surface area (Å²) >= 11 is 8.54. The molecule has 0 saturated heterocycles. The van der Waals surface area contributed by atoms with Crippen molar-refractivity contribution in [1.29, 1.82) is 0 Å². The van der Waals surface area contributed by atoms with Gasteiger partial charge in [-0.2, -0.15) is 0 Å². The Bertz CT molecular complexity index is 936. The molecule has 0 spiro atoms. The van der Waals surface area contributed by atoms with E-state index in [1.165, 1.54) is 25.3 Å². The zero-order chi connectivity index (χ0) is 21.6. The minimum absolute atomic E-state index is 0.0231. The van der Waals surface area contributed by atoms with E-state index >= 15 is 0 Å². The van der Waals surface area contributed by atoms with Crippen LogP contribution < -0.4 is 20.1 Å². The molecule has 0 radical (unpaired) electrons. The van der Waals surface area contributed by atoms with Crippen molar-refractivity contribution in [2.24, 2.45) is 5.92 Å². The third-order valence-electron chi connectivity index (χ3n) is 3.64. The van der Waals surface area contributed by atoms with Crippen LogP contribution in [0.1, 0.15) is 24.2 Å². The molecule has 0 saturated carbocycles. The number of hydrogen-bond acceptors (Lipinski definition) is 6. The van der Waals surface area contributed by atoms with Crippen LogP contribution in [0.5, 0.6) is 11.5 Å². The number of nitrogens with zero attached hydrogens (tertiary/aromatic N) is 1. The molecular formula is C19H20BrN3O5S. The van der Waals surface area contributed by atoms with Gasteiger partial charge in [0.25, 0.3) is 11.6 Å². The molecule has 0 atom stereocenters. The van der Waals surface area contributed by atoms with E-state index in [-0.39, 0.29) is 16.5 Å². The summed E-state index contributed by atoms with van der Waals surface area (Å²) in [4.78, 5) is 22.9. The molecule has 8 nitrogen and oxygen atoms in total. The Morgan fingerprint density at radius 2 is 1.93 bits per heavy atom. The Labute approximate surface area is 181 Å². The van der Waals surface area contributed by atoms with Crippen LogP contribution in [0.2, 0.25) is 0 Å². The van der Waals surface area contributed by atoms with Crippen molar-refractivity contribution >= 4 is 50.5 Å². The number of halogens is 1. The van der Waals surface area contributed by atoms with Gasteiger partial charge in [0.2, 0.25) is 0 Å². The van der Waals surface area contributed by atoms with Crippen molar-refractivity contribution in [3.63, 3.8) is 0 Å². The molecule has 0 heterocycles. The van der Waals surface area contributed by atoms with E-state index in [0.717, 1.165) is 0 Å². The Hall–Kier alpha value is -2.72. The van der Waals surface area contributed by atoms with Crippen LogP contribution >= 0.6 is 28.1 Å². The number of methoxy groups -OCH3 is 1. The topological polar surface area (TPSA) is 103 Å². The maximum Gasteiger partial charge on any atom is 0.271 e. The number of carbonyl (C=O) groups is 1. The number of thiocarbonyl (C=S) groups is 1. The summed E-state index contributed by atoms with van der Waals surface area (Å²) in [5, 5.41) is 16.2. The first-order valence-electron chi connectivity index (χ1n) is 8.58. The lowest BCUT2D eigenvalue weighted by Gasteiger charge is -2.14. The van der Waals surface area contributed by atoms with Gasteiger partial charge in [0.05, 0.1) is 28.8 Å². The maximum absolute atomic E-state index is 12.5. The first-order valence-corrected chi connectivity index (χ1v) is 9.78. The molecule has 0 unspecified atom stereocenters. The number of nitro benzene ring substituents is 1. The third-order valence-corrected chi connectivity index (χ3v) is 4.46. The predicted molar refractivity (Wildman–Crippen MR) is 118 cm³/mol. The normalized spacial score (nSPS) is 10.4. The Morgan fingerprint density at radius 1 is 1.24 bits per heavy atom. The van der Waals surface area contributed by atoms with E-state index in [4.69, 9.17) is 21.7 Å². The predicted octanol–water partition coefficient (Wildman–Crippen LogP) is 4.53. The SMILES string of the molecule is COc1ccc([N+](=O)[O-])cc1NC(=S)NC(=O)c1ccc(OCC(C)C)c(Br)c1. The number of rotatable bonds is 7. The summed E-state index contributed by atoms with van der Waals surface area (Å²) in [6, 6.07) is 8.97. The smallest absolute Gasteiger partial charge is 0.271 e. The van der Waals surface area contributed by atoms with Crippen molar-refractivity contribution in [3.8, 4) is 11.5 Å². The zero-order valence-corrected chi connectivity index (χ0v) is 18.4. The number of ether oxygens (including phenoxy) is 2. The number of amides is 1. The highest BCUT2D eigenvalue weighted by Crippen LogP contribution is 2.29. The van der Waals surface area contributed by atoms with Crippen molar-refractivity contribution in [1.82, 2.24) is 5.32 Å². The van der Waals surface area contributed by atoms with Gasteiger partial charge in [-0.15, -0.1) is 0 Å². The molecule has 154 valence electrons. The lowest BCUT2D eigenvalue weighted by Crippen LogP contribution is -2.34. The van der Waals surface area contributed by atoms with Crippen LogP contribution in [0, 0.1) is 16.0 Å². The Morgan fingerprint density at radius 3 is 2.52 bits per heavy atom. The number of benzene rings is 2. The minimum atomic E-state index is -0.535. The molecule has 2 aromatic rings. The molecular weight excluding hydrogens is 462 g/mol. The lowest BCUT2D eigenvalue weighted by molar-refractivity contribution is -0.384. The Kier molecular flexibility index (Phi) is 7.91. The molecule has 0 aliphatic carbocycles. The average Bonchev–Trinajstić information content (AvgIpc) is 2.66. The molecule has 10 heteroatoms. The van der Waals surface area contributed by atoms with Crippen LogP contribution in [-0.2, 0) is 0 Å². The minimum Gasteiger partial charge on any atom is -0.495 e. The molecule has 2 N–H and O–H groups in total. The summed E-state index contributed by atoms with van der Waals surface area (Å²) < 4.78 is 11.5. The van der Waals surface area contributed by atoms with Crippen molar-refractivity contribution in [2.45, 2.75) is 13.8 Å². The highest BCUT2D eigenvalue weighted by Gasteiger charge is 2.15. The molecule has 0 aliphatic heterocycles. The summed E-state index contributed by atoms with van der Waals surface area (Å²) in [7, 11) is 1.43. The average molecular weight is 482 g/mol. The van der Waals surface area contributed by atoms with Gasteiger partial charge in [-0.1, -0.05) is 13.8 Å². The molecule has 0 bridgehead atoms. The van der Waals surface area contributed by atoms with E-state index in [1.807, 2.05) is 13.8 Å². The quantitative estimate of drug-likeness (QED) is 0.340. The number of non-ortho nitro benzene ring substituents is 1. The summed E-state index contributed by atoms with van der Waals surface area (Å²) in [6.45, 7) is 4.64. The fraction of sp³-hybridized carbons (Fsp3) is 0.263. The van der Waals surface area contributed by atoms with Crippen molar-refractivity contribution in [3.05, 3.63) is 56.5 Å². The molecule has 2 rings (SSSR count). The molecule has 1 amide bonds. The highest BCUT2D eigenvalue weighted by atomic mass is 79.9. The number of hydrogen-bond donors (Lipinski definition) is 2. The monoisotopic (exact) mass is 481 g/mol. The van der Waals surface area contributed by atoms with Crippen molar-refractivity contribution < 1.29 is 19.2 Å². The second-order valence-corrected chi connectivity index (χ2v) is 7.66. The second kappa shape index (κ2) is 10.2. The number of nitro groups is 1. The largest absolute Gasteiger partial charge is 0.495 e. The van der Waals surface area contributed by atoms with E-state index in [2.05, 4.69) is 26.6 Å². The van der Waals surface area contributed by atoms with E-state index < -0.39 is 10.8 Å². The van der Waals surface area contributed by atoms with Gasteiger partial charge in [0, 0.05) is 17.7 Å². The lowest BCUT2D eigenvalue weighted by atomic mass is 10.2. The van der Waals surface area contributed by atoms with Gasteiger partial charge in [0.15, 0.2) is 5.11 Å². The summed E-state index contributed by atoms with van der Waals surface area (Å²) in [5.41, 5.74) is 0.498. The zero-order valence-electron chi connectivity index (χ0n) is 16.0. The van der Waals surface area contributed by atoms with Crippen LogP contribution in [0.3, 0.4) is 0 Å².